The summed E-state index contributed by atoms with van der Waals surface area (Å²) in [6.07, 6.45) is 2.46. The molecule has 1 amide bonds. The van der Waals surface area contributed by atoms with Crippen molar-refractivity contribution in [3.05, 3.63) is 58.5 Å². The standard InChI is InChI=1S/C19H19N3O3S/c23-18(20-12-7-8-15-16(10-12)22-19(24)21-15)14-5-1-2-6-17(14)26-11-13-4-3-9-25-13/h1-2,5-8,10,13H,3-4,9,11H2,(H,20,23)(H2,21,22,24)/t13-/m1/s1. The van der Waals surface area contributed by atoms with Gasteiger partial charge in [-0.05, 0) is 43.2 Å². The van der Waals surface area contributed by atoms with Crippen LogP contribution in [0.5, 0.6) is 0 Å². The van der Waals surface area contributed by atoms with E-state index in [-0.39, 0.29) is 17.7 Å². The number of imidazole rings is 1. The summed E-state index contributed by atoms with van der Waals surface area (Å²) in [6, 6.07) is 12.9. The normalized spacial score (nSPS) is 16.8. The van der Waals surface area contributed by atoms with E-state index in [2.05, 4.69) is 15.3 Å². The van der Waals surface area contributed by atoms with Gasteiger partial charge in [-0.2, -0.15) is 0 Å². The van der Waals surface area contributed by atoms with Gasteiger partial charge in [0.25, 0.3) is 5.91 Å². The smallest absolute Gasteiger partial charge is 0.323 e. The fourth-order valence-corrected chi connectivity index (χ4v) is 4.17. The topological polar surface area (TPSA) is 87.0 Å². The van der Waals surface area contributed by atoms with Gasteiger partial charge in [0.2, 0.25) is 0 Å². The zero-order valence-corrected chi connectivity index (χ0v) is 14.9. The number of benzene rings is 2. The number of carbonyl (C=O) groups is 1. The van der Waals surface area contributed by atoms with Crippen LogP contribution in [0.15, 0.2) is 52.2 Å². The van der Waals surface area contributed by atoms with E-state index in [1.54, 1.807) is 30.0 Å². The lowest BCUT2D eigenvalue weighted by Crippen LogP contribution is -2.14. The summed E-state index contributed by atoms with van der Waals surface area (Å²) in [7, 11) is 0. The number of hydrogen-bond donors (Lipinski definition) is 3. The molecule has 0 aliphatic carbocycles. The van der Waals surface area contributed by atoms with Crippen LogP contribution in [0.4, 0.5) is 5.69 Å². The first-order chi connectivity index (χ1) is 12.7. The monoisotopic (exact) mass is 369 g/mol. The van der Waals surface area contributed by atoms with E-state index >= 15 is 0 Å². The second kappa shape index (κ2) is 7.39. The Morgan fingerprint density at radius 3 is 2.88 bits per heavy atom. The number of thioether (sulfide) groups is 1. The number of ether oxygens (including phenoxy) is 1. The van der Waals surface area contributed by atoms with Crippen molar-refractivity contribution in [2.45, 2.75) is 23.8 Å². The first kappa shape index (κ1) is 16.9. The number of aromatic nitrogens is 2. The van der Waals surface area contributed by atoms with Gasteiger partial charge < -0.3 is 20.0 Å². The Kier molecular flexibility index (Phi) is 4.81. The molecule has 1 aliphatic rings. The van der Waals surface area contributed by atoms with Gasteiger partial charge in [-0.1, -0.05) is 12.1 Å². The molecule has 3 N–H and O–H groups in total. The number of anilines is 1. The predicted octanol–water partition coefficient (Wildman–Crippen LogP) is 3.38. The number of fused-ring (bicyclic) bond motifs is 1. The molecule has 1 aromatic heterocycles. The summed E-state index contributed by atoms with van der Waals surface area (Å²) < 4.78 is 5.66. The van der Waals surface area contributed by atoms with Crippen LogP contribution in [0.3, 0.4) is 0 Å². The molecule has 0 radical (unpaired) electrons. The molecule has 3 aromatic rings. The molecule has 0 spiro atoms. The number of rotatable bonds is 5. The Bertz CT molecular complexity index is 989. The largest absolute Gasteiger partial charge is 0.377 e. The number of H-pyrrole nitrogens is 2. The Hall–Kier alpha value is -2.51. The van der Waals surface area contributed by atoms with E-state index < -0.39 is 0 Å². The average molecular weight is 369 g/mol. The molecule has 7 heteroatoms. The van der Waals surface area contributed by atoms with Gasteiger partial charge in [-0.3, -0.25) is 4.79 Å². The molecule has 0 saturated carbocycles. The van der Waals surface area contributed by atoms with E-state index in [9.17, 15) is 9.59 Å². The summed E-state index contributed by atoms with van der Waals surface area (Å²) >= 11 is 1.65. The maximum atomic E-state index is 12.7. The van der Waals surface area contributed by atoms with Crippen LogP contribution in [0.2, 0.25) is 0 Å². The van der Waals surface area contributed by atoms with Gasteiger partial charge in [-0.15, -0.1) is 11.8 Å². The van der Waals surface area contributed by atoms with Crippen LogP contribution in [0.1, 0.15) is 23.2 Å². The minimum Gasteiger partial charge on any atom is -0.377 e. The second-order valence-electron chi connectivity index (χ2n) is 6.24. The van der Waals surface area contributed by atoms with E-state index in [1.165, 1.54) is 0 Å². The van der Waals surface area contributed by atoms with Gasteiger partial charge in [0.05, 0.1) is 22.7 Å². The molecule has 0 bridgehead atoms. The summed E-state index contributed by atoms with van der Waals surface area (Å²) in [4.78, 5) is 30.4. The molecule has 0 unspecified atom stereocenters. The summed E-state index contributed by atoms with van der Waals surface area (Å²) in [5, 5.41) is 2.91. The van der Waals surface area contributed by atoms with Crippen molar-refractivity contribution in [2.75, 3.05) is 17.7 Å². The van der Waals surface area contributed by atoms with Gasteiger partial charge in [0.15, 0.2) is 0 Å². The third-order valence-electron chi connectivity index (χ3n) is 4.35. The Morgan fingerprint density at radius 2 is 2.04 bits per heavy atom. The summed E-state index contributed by atoms with van der Waals surface area (Å²) in [5.74, 6) is 0.679. The first-order valence-corrected chi connectivity index (χ1v) is 9.54. The van der Waals surface area contributed by atoms with Gasteiger partial charge >= 0.3 is 5.69 Å². The first-order valence-electron chi connectivity index (χ1n) is 8.56. The highest BCUT2D eigenvalue weighted by atomic mass is 32.2. The van der Waals surface area contributed by atoms with Crippen LogP contribution in [0.25, 0.3) is 11.0 Å². The summed E-state index contributed by atoms with van der Waals surface area (Å²) in [5.41, 5.74) is 2.38. The Morgan fingerprint density at radius 1 is 1.19 bits per heavy atom. The quantitative estimate of drug-likeness (QED) is 0.602. The van der Waals surface area contributed by atoms with Crippen molar-refractivity contribution < 1.29 is 9.53 Å². The van der Waals surface area contributed by atoms with Gasteiger partial charge in [0.1, 0.15) is 0 Å². The minimum absolute atomic E-state index is 0.169. The molecule has 134 valence electrons. The summed E-state index contributed by atoms with van der Waals surface area (Å²) in [6.45, 7) is 0.830. The Balaban J connectivity index is 1.50. The van der Waals surface area contributed by atoms with Crippen LogP contribution in [-0.4, -0.2) is 34.3 Å². The molecular formula is C19H19N3O3S. The van der Waals surface area contributed by atoms with E-state index in [0.717, 1.165) is 30.1 Å². The lowest BCUT2D eigenvalue weighted by atomic mass is 10.2. The van der Waals surface area contributed by atoms with Crippen molar-refractivity contribution in [2.24, 2.45) is 0 Å². The van der Waals surface area contributed by atoms with Crippen molar-refractivity contribution in [3.63, 3.8) is 0 Å². The number of nitrogens with one attached hydrogen (secondary N) is 3. The average Bonchev–Trinajstić information content (AvgIpc) is 3.28. The molecule has 26 heavy (non-hydrogen) atoms. The molecule has 1 aliphatic heterocycles. The molecule has 4 rings (SSSR count). The van der Waals surface area contributed by atoms with E-state index in [1.807, 2.05) is 24.3 Å². The van der Waals surface area contributed by atoms with Crippen LogP contribution < -0.4 is 11.0 Å². The predicted molar refractivity (Wildman–Crippen MR) is 103 cm³/mol. The van der Waals surface area contributed by atoms with E-state index in [4.69, 9.17) is 4.74 Å². The highest BCUT2D eigenvalue weighted by Gasteiger charge is 2.18. The zero-order chi connectivity index (χ0) is 17.9. The molecule has 1 saturated heterocycles. The van der Waals surface area contributed by atoms with Crippen molar-refractivity contribution in [3.8, 4) is 0 Å². The van der Waals surface area contributed by atoms with Crippen molar-refractivity contribution in [1.82, 2.24) is 9.97 Å². The highest BCUT2D eigenvalue weighted by Crippen LogP contribution is 2.27. The van der Waals surface area contributed by atoms with Gasteiger partial charge in [0, 0.05) is 22.9 Å². The van der Waals surface area contributed by atoms with Crippen molar-refractivity contribution >= 4 is 34.4 Å². The fourth-order valence-electron chi connectivity index (χ4n) is 3.05. The maximum absolute atomic E-state index is 12.7. The second-order valence-corrected chi connectivity index (χ2v) is 7.30. The number of carbonyl (C=O) groups excluding carboxylic acids is 1. The highest BCUT2D eigenvalue weighted by molar-refractivity contribution is 7.99. The molecule has 1 atom stereocenters. The Labute approximate surface area is 154 Å². The minimum atomic E-state index is -0.264. The van der Waals surface area contributed by atoms with Gasteiger partial charge in [-0.25, -0.2) is 4.79 Å². The molecule has 1 fully saturated rings. The maximum Gasteiger partial charge on any atom is 0.323 e. The lowest BCUT2D eigenvalue weighted by molar-refractivity contribution is 0.102. The molecular weight excluding hydrogens is 350 g/mol. The third-order valence-corrected chi connectivity index (χ3v) is 5.56. The van der Waals surface area contributed by atoms with Crippen molar-refractivity contribution in [1.29, 1.82) is 0 Å². The SMILES string of the molecule is O=C(Nc1ccc2[nH]c(=O)[nH]c2c1)c1ccccc1SC[C@H]1CCCO1. The fraction of sp³-hybridized carbons (Fsp3) is 0.263. The molecule has 2 heterocycles. The number of amides is 1. The lowest BCUT2D eigenvalue weighted by Gasteiger charge is -2.12. The third kappa shape index (κ3) is 3.68. The van der Waals surface area contributed by atoms with Crippen LogP contribution in [0, 0.1) is 0 Å². The van der Waals surface area contributed by atoms with Crippen LogP contribution in [-0.2, 0) is 4.74 Å². The zero-order valence-electron chi connectivity index (χ0n) is 14.1. The number of aromatic amines is 2. The number of hydrogen-bond acceptors (Lipinski definition) is 4. The van der Waals surface area contributed by atoms with E-state index in [0.29, 0.717) is 22.3 Å². The molecule has 6 nitrogen and oxygen atoms in total. The van der Waals surface area contributed by atoms with Crippen LogP contribution >= 0.6 is 11.8 Å². The molecule has 2 aromatic carbocycles.